The largest absolute Gasteiger partial charge is 0.511 e. The molecule has 0 bridgehead atoms. The van der Waals surface area contributed by atoms with Crippen LogP contribution >= 0.6 is 23.4 Å². The second-order valence-electron chi connectivity index (χ2n) is 10.5. The Balaban J connectivity index is 2.11. The van der Waals surface area contributed by atoms with E-state index in [0.717, 1.165) is 16.9 Å². The molecular weight excluding hydrogens is 486 g/mol. The highest BCUT2D eigenvalue weighted by molar-refractivity contribution is 7.98. The molecular formula is C27H38ClNO5S. The van der Waals surface area contributed by atoms with Gasteiger partial charge in [0.1, 0.15) is 23.1 Å². The number of aliphatic hydroxyl groups excluding tert-OH is 1. The zero-order valence-electron chi connectivity index (χ0n) is 21.7. The summed E-state index contributed by atoms with van der Waals surface area (Å²) >= 11 is 7.51. The molecule has 1 N–H and O–H groups in total. The van der Waals surface area contributed by atoms with Gasteiger partial charge in [-0.15, -0.1) is 0 Å². The summed E-state index contributed by atoms with van der Waals surface area (Å²) < 4.78 is 5.75. The van der Waals surface area contributed by atoms with Gasteiger partial charge in [0.25, 0.3) is 5.91 Å². The van der Waals surface area contributed by atoms with Crippen molar-refractivity contribution in [2.24, 2.45) is 11.3 Å². The molecule has 1 aliphatic heterocycles. The Kier molecular flexibility index (Phi) is 10.7. The number of allylic oxidation sites excluding steroid dienone is 1. The molecule has 0 radical (unpaired) electrons. The third kappa shape index (κ3) is 8.28. The molecule has 1 aromatic carbocycles. The molecule has 2 rings (SSSR count). The number of ketones is 1. The van der Waals surface area contributed by atoms with Gasteiger partial charge in [-0.05, 0) is 73.3 Å². The minimum atomic E-state index is -0.852. The fourth-order valence-electron chi connectivity index (χ4n) is 4.53. The van der Waals surface area contributed by atoms with Crippen molar-refractivity contribution < 1.29 is 24.2 Å². The summed E-state index contributed by atoms with van der Waals surface area (Å²) in [7, 11) is 0. The first-order chi connectivity index (χ1) is 16.4. The predicted molar refractivity (Wildman–Crippen MR) is 142 cm³/mol. The minimum Gasteiger partial charge on any atom is -0.511 e. The van der Waals surface area contributed by atoms with Crippen LogP contribution in [0.5, 0.6) is 5.75 Å². The standard InChI is InChI=1S/C27H38ClNO5S/c1-17(16-27(3,4)5)14-23(31)29-20(11-13-35-6)25(32)24(26(29)33)21(30)8-7-12-34-22-10-9-19(28)15-18(22)2/h9-10,15,17,20,30H,7-8,11-14,16H2,1-6H3/b24-21-. The lowest BCUT2D eigenvalue weighted by molar-refractivity contribution is -0.144. The van der Waals surface area contributed by atoms with Crippen molar-refractivity contribution in [3.63, 3.8) is 0 Å². The third-order valence-corrected chi connectivity index (χ3v) is 6.76. The summed E-state index contributed by atoms with van der Waals surface area (Å²) in [5.41, 5.74) is 0.696. The van der Waals surface area contributed by atoms with Crippen molar-refractivity contribution in [3.05, 3.63) is 40.1 Å². The molecule has 0 aliphatic carbocycles. The average Bonchev–Trinajstić information content (AvgIpc) is 2.98. The van der Waals surface area contributed by atoms with Crippen molar-refractivity contribution >= 4 is 41.0 Å². The Morgan fingerprint density at radius 1 is 1.29 bits per heavy atom. The molecule has 1 fully saturated rings. The van der Waals surface area contributed by atoms with E-state index in [1.54, 1.807) is 30.0 Å². The molecule has 2 atom stereocenters. The van der Waals surface area contributed by atoms with Gasteiger partial charge in [0.05, 0.1) is 6.61 Å². The quantitative estimate of drug-likeness (QED) is 0.162. The maximum Gasteiger partial charge on any atom is 0.268 e. The molecule has 2 amide bonds. The molecule has 0 spiro atoms. The number of thioether (sulfide) groups is 1. The van der Waals surface area contributed by atoms with E-state index in [-0.39, 0.29) is 41.4 Å². The number of Topliss-reactive ketones (excluding diaryl/α,β-unsaturated/α-hetero) is 1. The summed E-state index contributed by atoms with van der Waals surface area (Å²) in [5.74, 6) is -0.379. The van der Waals surface area contributed by atoms with E-state index in [0.29, 0.717) is 36.0 Å². The molecule has 1 heterocycles. The van der Waals surface area contributed by atoms with Gasteiger partial charge in [0.15, 0.2) is 5.78 Å². The topological polar surface area (TPSA) is 83.9 Å². The number of imide groups is 1. The number of ether oxygens (including phenoxy) is 1. The first kappa shape index (κ1) is 29.2. The number of carbonyl (C=O) groups excluding carboxylic acids is 3. The van der Waals surface area contributed by atoms with E-state index in [1.165, 1.54) is 0 Å². The Bertz CT molecular complexity index is 969. The van der Waals surface area contributed by atoms with Crippen LogP contribution in [0.4, 0.5) is 0 Å². The van der Waals surface area contributed by atoms with Gasteiger partial charge in [-0.2, -0.15) is 11.8 Å². The lowest BCUT2D eigenvalue weighted by Crippen LogP contribution is -2.41. The summed E-state index contributed by atoms with van der Waals surface area (Å²) in [5, 5.41) is 11.3. The van der Waals surface area contributed by atoms with Gasteiger partial charge in [-0.3, -0.25) is 19.3 Å². The van der Waals surface area contributed by atoms with Crippen LogP contribution in [-0.2, 0) is 14.4 Å². The van der Waals surface area contributed by atoms with E-state index < -0.39 is 17.7 Å². The summed E-state index contributed by atoms with van der Waals surface area (Å²) in [4.78, 5) is 40.5. The Morgan fingerprint density at radius 3 is 2.57 bits per heavy atom. The maximum absolute atomic E-state index is 13.2. The number of amides is 2. The number of hydrogen-bond acceptors (Lipinski definition) is 6. The second-order valence-corrected chi connectivity index (χ2v) is 11.9. The van der Waals surface area contributed by atoms with Crippen LogP contribution in [0.25, 0.3) is 0 Å². The van der Waals surface area contributed by atoms with Crippen molar-refractivity contribution in [2.45, 2.75) is 72.8 Å². The highest BCUT2D eigenvalue weighted by atomic mass is 35.5. The molecule has 0 saturated carbocycles. The summed E-state index contributed by atoms with van der Waals surface area (Å²) in [6, 6.07) is 4.46. The molecule has 1 saturated heterocycles. The summed E-state index contributed by atoms with van der Waals surface area (Å²) in [6.07, 6.45) is 3.82. The lowest BCUT2D eigenvalue weighted by Gasteiger charge is -2.26. The van der Waals surface area contributed by atoms with Crippen LogP contribution in [0.2, 0.25) is 5.02 Å². The van der Waals surface area contributed by atoms with Crippen molar-refractivity contribution in [1.82, 2.24) is 4.90 Å². The number of rotatable bonds is 11. The molecule has 0 aromatic heterocycles. The van der Waals surface area contributed by atoms with E-state index in [4.69, 9.17) is 16.3 Å². The van der Waals surface area contributed by atoms with Gasteiger partial charge < -0.3 is 9.84 Å². The Hall–Kier alpha value is -1.99. The normalized spacial score (nSPS) is 18.7. The van der Waals surface area contributed by atoms with Gasteiger partial charge >= 0.3 is 0 Å². The highest BCUT2D eigenvalue weighted by Crippen LogP contribution is 2.31. The van der Waals surface area contributed by atoms with Crippen molar-refractivity contribution in [1.29, 1.82) is 0 Å². The summed E-state index contributed by atoms with van der Waals surface area (Å²) in [6.45, 7) is 10.5. The van der Waals surface area contributed by atoms with Crippen LogP contribution in [0, 0.1) is 18.3 Å². The number of carbonyl (C=O) groups is 3. The van der Waals surface area contributed by atoms with E-state index in [9.17, 15) is 19.5 Å². The third-order valence-electron chi connectivity index (χ3n) is 5.88. The molecule has 8 heteroatoms. The SMILES string of the molecule is CSCCC1C(=O)/C(=C(/O)CCCOc2ccc(Cl)cc2C)C(=O)N1C(=O)CC(C)CC(C)(C)C. The number of hydrogen-bond donors (Lipinski definition) is 1. The van der Waals surface area contributed by atoms with Crippen molar-refractivity contribution in [3.8, 4) is 5.75 Å². The molecule has 194 valence electrons. The Labute approximate surface area is 218 Å². The van der Waals surface area contributed by atoms with Crippen LogP contribution in [-0.4, -0.2) is 52.3 Å². The molecule has 2 unspecified atom stereocenters. The average molecular weight is 524 g/mol. The predicted octanol–water partition coefficient (Wildman–Crippen LogP) is 6.14. The molecule has 1 aliphatic rings. The van der Waals surface area contributed by atoms with Crippen molar-refractivity contribution in [2.75, 3.05) is 18.6 Å². The number of nitrogens with zero attached hydrogens (tertiary/aromatic N) is 1. The van der Waals surface area contributed by atoms with Crippen LogP contribution in [0.3, 0.4) is 0 Å². The second kappa shape index (κ2) is 12.8. The fraction of sp³-hybridized carbons (Fsp3) is 0.593. The van der Waals surface area contributed by atoms with E-state index in [2.05, 4.69) is 20.8 Å². The van der Waals surface area contributed by atoms with Crippen LogP contribution in [0.15, 0.2) is 29.5 Å². The van der Waals surface area contributed by atoms with Gasteiger partial charge in [-0.1, -0.05) is 39.3 Å². The first-order valence-corrected chi connectivity index (χ1v) is 13.8. The van der Waals surface area contributed by atoms with Gasteiger partial charge in [-0.25, -0.2) is 0 Å². The zero-order chi connectivity index (χ0) is 26.3. The van der Waals surface area contributed by atoms with Gasteiger partial charge in [0.2, 0.25) is 5.91 Å². The number of likely N-dealkylation sites (tertiary alicyclic amines) is 1. The molecule has 1 aromatic rings. The number of halogens is 1. The smallest absolute Gasteiger partial charge is 0.268 e. The fourth-order valence-corrected chi connectivity index (χ4v) is 5.21. The Morgan fingerprint density at radius 2 is 1.97 bits per heavy atom. The van der Waals surface area contributed by atoms with Crippen LogP contribution in [0.1, 0.15) is 65.4 Å². The van der Waals surface area contributed by atoms with E-state index in [1.807, 2.05) is 20.1 Å². The molecule has 35 heavy (non-hydrogen) atoms. The number of benzene rings is 1. The van der Waals surface area contributed by atoms with E-state index >= 15 is 0 Å². The maximum atomic E-state index is 13.2. The first-order valence-electron chi connectivity index (χ1n) is 12.1. The highest BCUT2D eigenvalue weighted by Gasteiger charge is 2.47. The van der Waals surface area contributed by atoms with Crippen LogP contribution < -0.4 is 4.74 Å². The van der Waals surface area contributed by atoms with Gasteiger partial charge in [0, 0.05) is 17.9 Å². The minimum absolute atomic E-state index is 0.0543. The molecule has 6 nitrogen and oxygen atoms in total. The number of aryl methyl sites for hydroxylation is 1. The lowest BCUT2D eigenvalue weighted by atomic mass is 9.84. The monoisotopic (exact) mass is 523 g/mol. The number of aliphatic hydroxyl groups is 1. The zero-order valence-corrected chi connectivity index (χ0v) is 23.2.